The number of nitrogens with zero attached hydrogens (tertiary/aromatic N) is 2. The second kappa shape index (κ2) is 13.1. The Kier molecular flexibility index (Phi) is 9.63. The Morgan fingerprint density at radius 1 is 0.875 bits per heavy atom. The summed E-state index contributed by atoms with van der Waals surface area (Å²) in [4.78, 5) is 29.0. The monoisotopic (exact) mass is 561 g/mol. The number of anilines is 1. The lowest BCUT2D eigenvalue weighted by Gasteiger charge is -2.33. The van der Waals surface area contributed by atoms with Crippen LogP contribution < -0.4 is 9.62 Å². The second-order valence-corrected chi connectivity index (χ2v) is 12.5. The number of amides is 2. The molecule has 0 heterocycles. The van der Waals surface area contributed by atoms with Gasteiger partial charge in [0.1, 0.15) is 12.6 Å². The number of aryl methyl sites for hydroxylation is 2. The summed E-state index contributed by atoms with van der Waals surface area (Å²) in [6.07, 6.45) is 5.19. The van der Waals surface area contributed by atoms with Gasteiger partial charge >= 0.3 is 0 Å². The average Bonchev–Trinajstić information content (AvgIpc) is 2.97. The molecule has 4 rings (SSSR count). The van der Waals surface area contributed by atoms with E-state index in [0.29, 0.717) is 5.69 Å². The third kappa shape index (κ3) is 7.10. The number of benzene rings is 3. The zero-order valence-electron chi connectivity index (χ0n) is 23.5. The molecule has 1 saturated carbocycles. The summed E-state index contributed by atoms with van der Waals surface area (Å²) in [5, 5.41) is 3.13. The average molecular weight is 562 g/mol. The molecule has 0 spiro atoms. The molecule has 0 aromatic heterocycles. The lowest BCUT2D eigenvalue weighted by molar-refractivity contribution is -0.139. The van der Waals surface area contributed by atoms with Crippen LogP contribution in [0.3, 0.4) is 0 Å². The highest BCUT2D eigenvalue weighted by Gasteiger charge is 2.33. The van der Waals surface area contributed by atoms with Gasteiger partial charge in [-0.05, 0) is 74.6 Å². The van der Waals surface area contributed by atoms with Gasteiger partial charge < -0.3 is 10.2 Å². The van der Waals surface area contributed by atoms with Crippen LogP contribution in [0.15, 0.2) is 83.8 Å². The zero-order chi connectivity index (χ0) is 28.7. The van der Waals surface area contributed by atoms with Crippen molar-refractivity contribution in [2.24, 2.45) is 0 Å². The van der Waals surface area contributed by atoms with Gasteiger partial charge in [-0.3, -0.25) is 13.9 Å². The van der Waals surface area contributed by atoms with E-state index in [4.69, 9.17) is 0 Å². The first-order valence-electron chi connectivity index (χ1n) is 14.0. The van der Waals surface area contributed by atoms with E-state index in [9.17, 15) is 18.0 Å². The standard InChI is InChI=1S/C32H39N3O4S/c1-24-19-20-29(21-25(24)2)35(40(38,39)30-17-11-6-12-18-30)23-31(36)34(22-27-13-7-4-8-14-27)26(3)32(37)33-28-15-9-5-10-16-28/h4,6-8,11-14,17-21,26,28H,5,9-10,15-16,22-23H2,1-3H3,(H,33,37)/t26-/m0/s1. The van der Waals surface area contributed by atoms with E-state index in [2.05, 4.69) is 5.32 Å². The van der Waals surface area contributed by atoms with Crippen LogP contribution >= 0.6 is 0 Å². The van der Waals surface area contributed by atoms with Crippen LogP contribution in [0.2, 0.25) is 0 Å². The van der Waals surface area contributed by atoms with Crippen molar-refractivity contribution in [1.82, 2.24) is 10.2 Å². The minimum Gasteiger partial charge on any atom is -0.352 e. The topological polar surface area (TPSA) is 86.8 Å². The van der Waals surface area contributed by atoms with Gasteiger partial charge in [-0.25, -0.2) is 8.42 Å². The van der Waals surface area contributed by atoms with Crippen LogP contribution in [0.25, 0.3) is 0 Å². The van der Waals surface area contributed by atoms with E-state index < -0.39 is 28.5 Å². The molecule has 2 amide bonds. The molecule has 1 aliphatic carbocycles. The number of rotatable bonds is 10. The van der Waals surface area contributed by atoms with Crippen LogP contribution in [0, 0.1) is 13.8 Å². The van der Waals surface area contributed by atoms with Crippen LogP contribution in [0.4, 0.5) is 5.69 Å². The fourth-order valence-electron chi connectivity index (χ4n) is 5.06. The highest BCUT2D eigenvalue weighted by atomic mass is 32.2. The molecular weight excluding hydrogens is 522 g/mol. The van der Waals surface area contributed by atoms with Gasteiger partial charge in [0.05, 0.1) is 10.6 Å². The van der Waals surface area contributed by atoms with Gasteiger partial charge in [0.25, 0.3) is 10.0 Å². The summed E-state index contributed by atoms with van der Waals surface area (Å²) in [6, 6.07) is 22.2. The van der Waals surface area contributed by atoms with E-state index in [1.807, 2.05) is 50.2 Å². The lowest BCUT2D eigenvalue weighted by atomic mass is 9.95. The maximum Gasteiger partial charge on any atom is 0.264 e. The second-order valence-electron chi connectivity index (χ2n) is 10.6. The smallest absolute Gasteiger partial charge is 0.264 e. The Morgan fingerprint density at radius 2 is 1.50 bits per heavy atom. The Bertz CT molecular complexity index is 1400. The molecule has 0 aliphatic heterocycles. The van der Waals surface area contributed by atoms with E-state index in [0.717, 1.165) is 46.7 Å². The number of hydrogen-bond donors (Lipinski definition) is 1. The van der Waals surface area contributed by atoms with Gasteiger partial charge in [0.15, 0.2) is 0 Å². The van der Waals surface area contributed by atoms with E-state index >= 15 is 0 Å². The first kappa shape index (κ1) is 29.3. The molecule has 1 N–H and O–H groups in total. The molecule has 3 aromatic rings. The van der Waals surface area contributed by atoms with Crippen molar-refractivity contribution in [2.75, 3.05) is 10.8 Å². The molecule has 1 aliphatic rings. The minimum absolute atomic E-state index is 0.0960. The first-order valence-corrected chi connectivity index (χ1v) is 15.4. The summed E-state index contributed by atoms with van der Waals surface area (Å²) in [5.74, 6) is -0.673. The summed E-state index contributed by atoms with van der Waals surface area (Å²) in [5.41, 5.74) is 3.20. The fraction of sp³-hybridized carbons (Fsp3) is 0.375. The number of carbonyl (C=O) groups excluding carboxylic acids is 2. The summed E-state index contributed by atoms with van der Waals surface area (Å²) in [7, 11) is -4.07. The molecule has 0 unspecified atom stereocenters. The Hall–Kier alpha value is -3.65. The van der Waals surface area contributed by atoms with E-state index in [-0.39, 0.29) is 23.4 Å². The Labute approximate surface area is 238 Å². The summed E-state index contributed by atoms with van der Waals surface area (Å²) in [6.45, 7) is 5.33. The van der Waals surface area contributed by atoms with E-state index in [1.165, 1.54) is 23.5 Å². The first-order chi connectivity index (χ1) is 19.2. The summed E-state index contributed by atoms with van der Waals surface area (Å²) < 4.78 is 28.9. The van der Waals surface area contributed by atoms with Gasteiger partial charge in [-0.1, -0.05) is 73.9 Å². The van der Waals surface area contributed by atoms with Crippen molar-refractivity contribution in [3.63, 3.8) is 0 Å². The van der Waals surface area contributed by atoms with Gasteiger partial charge in [0, 0.05) is 12.6 Å². The van der Waals surface area contributed by atoms with Crippen molar-refractivity contribution in [3.05, 3.63) is 95.6 Å². The third-order valence-electron chi connectivity index (χ3n) is 7.70. The molecule has 8 heteroatoms. The maximum absolute atomic E-state index is 14.0. The lowest BCUT2D eigenvalue weighted by Crippen LogP contribution is -2.53. The molecule has 7 nitrogen and oxygen atoms in total. The largest absolute Gasteiger partial charge is 0.352 e. The molecular formula is C32H39N3O4S. The van der Waals surface area contributed by atoms with Crippen LogP contribution in [-0.2, 0) is 26.2 Å². The number of nitrogens with one attached hydrogen (secondary N) is 1. The van der Waals surface area contributed by atoms with Crippen LogP contribution in [-0.4, -0.2) is 43.8 Å². The molecule has 40 heavy (non-hydrogen) atoms. The highest BCUT2D eigenvalue weighted by molar-refractivity contribution is 7.92. The zero-order valence-corrected chi connectivity index (χ0v) is 24.4. The number of hydrogen-bond acceptors (Lipinski definition) is 4. The van der Waals surface area contributed by atoms with Gasteiger partial charge in [-0.15, -0.1) is 0 Å². The quantitative estimate of drug-likeness (QED) is 0.361. The predicted octanol–water partition coefficient (Wildman–Crippen LogP) is 5.36. The molecule has 3 aromatic carbocycles. The van der Waals surface area contributed by atoms with Crippen molar-refractivity contribution >= 4 is 27.5 Å². The van der Waals surface area contributed by atoms with E-state index in [1.54, 1.807) is 37.3 Å². The SMILES string of the molecule is Cc1ccc(N(CC(=O)N(Cc2ccccc2)[C@@H](C)C(=O)NC2CCCCC2)S(=O)(=O)c2ccccc2)cc1C. The molecule has 0 radical (unpaired) electrons. The summed E-state index contributed by atoms with van der Waals surface area (Å²) >= 11 is 0. The third-order valence-corrected chi connectivity index (χ3v) is 9.49. The van der Waals surface area contributed by atoms with Crippen molar-refractivity contribution < 1.29 is 18.0 Å². The molecule has 212 valence electrons. The van der Waals surface area contributed by atoms with Crippen molar-refractivity contribution in [2.45, 2.75) is 76.4 Å². The molecule has 0 saturated heterocycles. The number of sulfonamides is 1. The van der Waals surface area contributed by atoms with Crippen LogP contribution in [0.1, 0.15) is 55.7 Å². The normalized spacial score (nSPS) is 14.8. The predicted molar refractivity (Wildman–Crippen MR) is 158 cm³/mol. The molecule has 1 atom stereocenters. The minimum atomic E-state index is -4.07. The molecule has 1 fully saturated rings. The number of carbonyl (C=O) groups is 2. The Balaban J connectivity index is 1.67. The van der Waals surface area contributed by atoms with Crippen molar-refractivity contribution in [3.8, 4) is 0 Å². The van der Waals surface area contributed by atoms with Gasteiger partial charge in [-0.2, -0.15) is 0 Å². The fourth-order valence-corrected chi connectivity index (χ4v) is 6.49. The highest BCUT2D eigenvalue weighted by Crippen LogP contribution is 2.26. The Morgan fingerprint density at radius 3 is 2.12 bits per heavy atom. The van der Waals surface area contributed by atoms with Crippen molar-refractivity contribution in [1.29, 1.82) is 0 Å². The molecule has 0 bridgehead atoms. The maximum atomic E-state index is 14.0. The van der Waals surface area contributed by atoms with Crippen LogP contribution in [0.5, 0.6) is 0 Å². The van der Waals surface area contributed by atoms with Gasteiger partial charge in [0.2, 0.25) is 11.8 Å².